The Morgan fingerprint density at radius 2 is 1.78 bits per heavy atom. The Kier molecular flexibility index (Phi) is 3.56. The van der Waals surface area contributed by atoms with E-state index in [1.165, 1.54) is 16.8 Å². The summed E-state index contributed by atoms with van der Waals surface area (Å²) in [6.45, 7) is 4.92. The molecule has 0 heterocycles. The summed E-state index contributed by atoms with van der Waals surface area (Å²) in [7, 11) is 2.05. The van der Waals surface area contributed by atoms with Gasteiger partial charge < -0.3 is 10.0 Å². The number of para-hydroxylation sites is 1. The maximum Gasteiger partial charge on any atom is 0.120 e. The second kappa shape index (κ2) is 5.13. The molecule has 2 nitrogen and oxygen atoms in total. The standard InChI is InChI=1S/C16H19NO/c1-12-8-9-15(13(2)10-12)17(3)11-14-6-4-5-7-16(14)18/h4-10,18H,11H2,1-3H3. The van der Waals surface area contributed by atoms with Crippen LogP contribution >= 0.6 is 0 Å². The average Bonchev–Trinajstić information content (AvgIpc) is 2.32. The number of hydrogen-bond donors (Lipinski definition) is 1. The van der Waals surface area contributed by atoms with E-state index in [4.69, 9.17) is 0 Å². The first-order chi connectivity index (χ1) is 8.58. The third kappa shape index (κ3) is 2.65. The third-order valence-corrected chi connectivity index (χ3v) is 3.16. The maximum absolute atomic E-state index is 9.79. The zero-order chi connectivity index (χ0) is 13.1. The van der Waals surface area contributed by atoms with Crippen LogP contribution in [-0.4, -0.2) is 12.2 Å². The average molecular weight is 241 g/mol. The summed E-state index contributed by atoms with van der Waals surface area (Å²) in [5.74, 6) is 0.356. The van der Waals surface area contributed by atoms with E-state index in [0.29, 0.717) is 12.3 Å². The molecule has 0 saturated carbocycles. The first-order valence-electron chi connectivity index (χ1n) is 6.13. The van der Waals surface area contributed by atoms with Gasteiger partial charge in [0.05, 0.1) is 0 Å². The second-order valence-corrected chi connectivity index (χ2v) is 4.77. The second-order valence-electron chi connectivity index (χ2n) is 4.77. The van der Waals surface area contributed by atoms with Crippen LogP contribution in [0.5, 0.6) is 5.75 Å². The molecule has 0 aliphatic heterocycles. The number of hydrogen-bond acceptors (Lipinski definition) is 2. The lowest BCUT2D eigenvalue weighted by Crippen LogP contribution is -2.17. The molecule has 0 atom stereocenters. The van der Waals surface area contributed by atoms with Crippen LogP contribution in [0.3, 0.4) is 0 Å². The van der Waals surface area contributed by atoms with Crippen LogP contribution in [0.1, 0.15) is 16.7 Å². The Balaban J connectivity index is 2.22. The zero-order valence-corrected chi connectivity index (χ0v) is 11.1. The molecule has 1 N–H and O–H groups in total. The molecule has 0 radical (unpaired) electrons. The predicted octanol–water partition coefficient (Wildman–Crippen LogP) is 3.65. The quantitative estimate of drug-likeness (QED) is 0.886. The van der Waals surface area contributed by atoms with Crippen LogP contribution in [0, 0.1) is 13.8 Å². The summed E-state index contributed by atoms with van der Waals surface area (Å²) in [5.41, 5.74) is 4.67. The Morgan fingerprint density at radius 1 is 1.06 bits per heavy atom. The van der Waals surface area contributed by atoms with Gasteiger partial charge in [-0.3, -0.25) is 0 Å². The van der Waals surface area contributed by atoms with Crippen molar-refractivity contribution in [2.24, 2.45) is 0 Å². The van der Waals surface area contributed by atoms with Crippen LogP contribution in [-0.2, 0) is 6.54 Å². The lowest BCUT2D eigenvalue weighted by atomic mass is 10.1. The fourth-order valence-electron chi connectivity index (χ4n) is 2.22. The van der Waals surface area contributed by atoms with Crippen LogP contribution in [0.15, 0.2) is 42.5 Å². The van der Waals surface area contributed by atoms with Crippen molar-refractivity contribution in [3.63, 3.8) is 0 Å². The predicted molar refractivity (Wildman–Crippen MR) is 76.1 cm³/mol. The highest BCUT2D eigenvalue weighted by Crippen LogP contribution is 2.24. The molecule has 2 heteroatoms. The zero-order valence-electron chi connectivity index (χ0n) is 11.1. The number of aryl methyl sites for hydroxylation is 2. The van der Waals surface area contributed by atoms with Crippen LogP contribution in [0.2, 0.25) is 0 Å². The van der Waals surface area contributed by atoms with Gasteiger partial charge in [-0.1, -0.05) is 35.9 Å². The molecule has 0 aliphatic carbocycles. The number of nitrogens with zero attached hydrogens (tertiary/aromatic N) is 1. The summed E-state index contributed by atoms with van der Waals surface area (Å²) < 4.78 is 0. The largest absolute Gasteiger partial charge is 0.508 e. The van der Waals surface area contributed by atoms with Gasteiger partial charge >= 0.3 is 0 Å². The molecule has 2 aromatic carbocycles. The van der Waals surface area contributed by atoms with Crippen molar-refractivity contribution in [1.29, 1.82) is 0 Å². The molecule has 0 amide bonds. The first-order valence-corrected chi connectivity index (χ1v) is 6.13. The van der Waals surface area contributed by atoms with Gasteiger partial charge in [-0.15, -0.1) is 0 Å². The minimum Gasteiger partial charge on any atom is -0.508 e. The van der Waals surface area contributed by atoms with Gasteiger partial charge in [0.25, 0.3) is 0 Å². The van der Waals surface area contributed by atoms with Crippen molar-refractivity contribution < 1.29 is 5.11 Å². The van der Waals surface area contributed by atoms with E-state index in [9.17, 15) is 5.11 Å². The van der Waals surface area contributed by atoms with Crippen LogP contribution in [0.4, 0.5) is 5.69 Å². The van der Waals surface area contributed by atoms with E-state index in [1.54, 1.807) is 6.07 Å². The molecule has 0 fully saturated rings. The minimum absolute atomic E-state index is 0.356. The van der Waals surface area contributed by atoms with Crippen molar-refractivity contribution in [2.75, 3.05) is 11.9 Å². The number of phenols is 1. The molecule has 2 aromatic rings. The summed E-state index contributed by atoms with van der Waals surface area (Å²) in [6.07, 6.45) is 0. The van der Waals surface area contributed by atoms with Crippen LogP contribution < -0.4 is 4.90 Å². The first kappa shape index (κ1) is 12.5. The highest BCUT2D eigenvalue weighted by atomic mass is 16.3. The molecule has 94 valence electrons. The molecular formula is C16H19NO. The molecule has 2 rings (SSSR count). The number of aromatic hydroxyl groups is 1. The number of phenolic OH excluding ortho intramolecular Hbond substituents is 1. The van der Waals surface area contributed by atoms with Gasteiger partial charge in [-0.2, -0.15) is 0 Å². The minimum atomic E-state index is 0.356. The van der Waals surface area contributed by atoms with Gasteiger partial charge in [-0.05, 0) is 31.5 Å². The van der Waals surface area contributed by atoms with Crippen molar-refractivity contribution in [2.45, 2.75) is 20.4 Å². The highest BCUT2D eigenvalue weighted by molar-refractivity contribution is 5.54. The van der Waals surface area contributed by atoms with E-state index >= 15 is 0 Å². The molecule has 0 saturated heterocycles. The Labute approximate surface area is 109 Å². The fraction of sp³-hybridized carbons (Fsp3) is 0.250. The van der Waals surface area contributed by atoms with Gasteiger partial charge in [0.15, 0.2) is 0 Å². The molecule has 0 spiro atoms. The fourth-order valence-corrected chi connectivity index (χ4v) is 2.22. The van der Waals surface area contributed by atoms with Gasteiger partial charge in [0, 0.05) is 24.8 Å². The Hall–Kier alpha value is -1.96. The van der Waals surface area contributed by atoms with E-state index in [1.807, 2.05) is 25.2 Å². The summed E-state index contributed by atoms with van der Waals surface area (Å²) in [5, 5.41) is 9.79. The molecule has 0 unspecified atom stereocenters. The van der Waals surface area contributed by atoms with Gasteiger partial charge in [0.2, 0.25) is 0 Å². The number of rotatable bonds is 3. The lowest BCUT2D eigenvalue weighted by Gasteiger charge is -2.22. The SMILES string of the molecule is Cc1ccc(N(C)Cc2ccccc2O)c(C)c1. The number of benzene rings is 2. The molecule has 18 heavy (non-hydrogen) atoms. The monoisotopic (exact) mass is 241 g/mol. The maximum atomic E-state index is 9.79. The topological polar surface area (TPSA) is 23.5 Å². The number of anilines is 1. The molecule has 0 aliphatic rings. The third-order valence-electron chi connectivity index (χ3n) is 3.16. The summed E-state index contributed by atoms with van der Waals surface area (Å²) in [4.78, 5) is 2.16. The lowest BCUT2D eigenvalue weighted by molar-refractivity contribution is 0.468. The highest BCUT2D eigenvalue weighted by Gasteiger charge is 2.07. The summed E-state index contributed by atoms with van der Waals surface area (Å²) in [6, 6.07) is 13.9. The Bertz CT molecular complexity index is 549. The smallest absolute Gasteiger partial charge is 0.120 e. The van der Waals surface area contributed by atoms with Gasteiger partial charge in [-0.25, -0.2) is 0 Å². The van der Waals surface area contributed by atoms with Crippen molar-refractivity contribution >= 4 is 5.69 Å². The summed E-state index contributed by atoms with van der Waals surface area (Å²) >= 11 is 0. The van der Waals surface area contributed by atoms with Crippen molar-refractivity contribution in [1.82, 2.24) is 0 Å². The molecule has 0 aromatic heterocycles. The Morgan fingerprint density at radius 3 is 2.44 bits per heavy atom. The van der Waals surface area contributed by atoms with E-state index in [0.717, 1.165) is 5.56 Å². The van der Waals surface area contributed by atoms with E-state index in [-0.39, 0.29) is 0 Å². The van der Waals surface area contributed by atoms with E-state index < -0.39 is 0 Å². The van der Waals surface area contributed by atoms with Crippen LogP contribution in [0.25, 0.3) is 0 Å². The normalized spacial score (nSPS) is 10.4. The van der Waals surface area contributed by atoms with Crippen molar-refractivity contribution in [3.8, 4) is 5.75 Å². The molecular weight excluding hydrogens is 222 g/mol. The molecule has 0 bridgehead atoms. The van der Waals surface area contributed by atoms with Gasteiger partial charge in [0.1, 0.15) is 5.75 Å². The van der Waals surface area contributed by atoms with E-state index in [2.05, 4.69) is 36.9 Å². The van der Waals surface area contributed by atoms with Crippen molar-refractivity contribution in [3.05, 3.63) is 59.2 Å².